The fourth-order valence-corrected chi connectivity index (χ4v) is 3.60. The first-order valence-electron chi connectivity index (χ1n) is 10.6. The SMILES string of the molecule is CC(C)(C)c1[nH]cnc1/C=c1\[nH]c(=O)/c(=C/c2cc(F)cc(C(=O)c3ccccc3)c2)[nH]c1=O. The van der Waals surface area contributed by atoms with Gasteiger partial charge in [0.25, 0.3) is 11.1 Å². The lowest BCUT2D eigenvalue weighted by atomic mass is 9.90. The van der Waals surface area contributed by atoms with Gasteiger partial charge in [0.15, 0.2) is 5.78 Å². The first kappa shape index (κ1) is 22.8. The monoisotopic (exact) mass is 458 g/mol. The molecule has 0 aliphatic rings. The summed E-state index contributed by atoms with van der Waals surface area (Å²) in [4.78, 5) is 50.4. The Morgan fingerprint density at radius 2 is 1.56 bits per heavy atom. The maximum Gasteiger partial charge on any atom is 0.272 e. The minimum Gasteiger partial charge on any atom is -0.348 e. The molecule has 8 heteroatoms. The minimum atomic E-state index is -0.634. The van der Waals surface area contributed by atoms with Crippen molar-refractivity contribution >= 4 is 17.9 Å². The van der Waals surface area contributed by atoms with Crippen LogP contribution in [0, 0.1) is 5.82 Å². The molecule has 0 saturated heterocycles. The van der Waals surface area contributed by atoms with Crippen LogP contribution in [0.3, 0.4) is 0 Å². The summed E-state index contributed by atoms with van der Waals surface area (Å²) < 4.78 is 14.3. The van der Waals surface area contributed by atoms with Gasteiger partial charge in [-0.1, -0.05) is 51.1 Å². The predicted molar refractivity (Wildman–Crippen MR) is 128 cm³/mol. The number of hydrogen-bond donors (Lipinski definition) is 3. The van der Waals surface area contributed by atoms with Crippen LogP contribution < -0.4 is 21.8 Å². The van der Waals surface area contributed by atoms with Gasteiger partial charge in [0, 0.05) is 22.2 Å². The third-order valence-corrected chi connectivity index (χ3v) is 5.21. The summed E-state index contributed by atoms with van der Waals surface area (Å²) in [6, 6.07) is 12.3. The zero-order chi connectivity index (χ0) is 24.5. The van der Waals surface area contributed by atoms with E-state index in [0.29, 0.717) is 11.3 Å². The van der Waals surface area contributed by atoms with Crippen LogP contribution in [0.5, 0.6) is 0 Å². The maximum absolute atomic E-state index is 14.3. The Hall–Kier alpha value is -4.33. The highest BCUT2D eigenvalue weighted by molar-refractivity contribution is 6.09. The molecule has 0 bridgehead atoms. The molecule has 4 rings (SSSR count). The first-order chi connectivity index (χ1) is 16.1. The van der Waals surface area contributed by atoms with Gasteiger partial charge in [0.1, 0.15) is 16.5 Å². The van der Waals surface area contributed by atoms with Crippen molar-refractivity contribution in [2.45, 2.75) is 26.2 Å². The Morgan fingerprint density at radius 3 is 2.21 bits per heavy atom. The summed E-state index contributed by atoms with van der Waals surface area (Å²) in [5, 5.41) is -0.0251. The number of carbonyl (C=O) groups is 1. The standard InChI is InChI=1S/C26H23FN4O3/c1-26(2,3)23-19(28-14-29-23)13-21-25(34)30-20(24(33)31-21)11-15-9-17(12-18(27)10-15)22(32)16-7-5-4-6-8-16/h4-14H,1-3H3,(H,28,29)(H,30,34)(H,31,33)/b20-11-,21-13-. The molecule has 0 aliphatic heterocycles. The van der Waals surface area contributed by atoms with E-state index in [1.165, 1.54) is 30.6 Å². The summed E-state index contributed by atoms with van der Waals surface area (Å²) in [5.74, 6) is -0.985. The number of hydrogen-bond acceptors (Lipinski definition) is 4. The van der Waals surface area contributed by atoms with Crippen LogP contribution in [0.2, 0.25) is 0 Å². The van der Waals surface area contributed by atoms with Crippen LogP contribution in [0.25, 0.3) is 12.2 Å². The second kappa shape index (κ2) is 8.90. The zero-order valence-electron chi connectivity index (χ0n) is 18.9. The Kier molecular flexibility index (Phi) is 5.98. The minimum absolute atomic E-state index is 0.0407. The molecule has 0 spiro atoms. The number of ketones is 1. The van der Waals surface area contributed by atoms with Crippen molar-refractivity contribution < 1.29 is 9.18 Å². The number of nitrogens with zero attached hydrogens (tertiary/aromatic N) is 1. The third-order valence-electron chi connectivity index (χ3n) is 5.21. The van der Waals surface area contributed by atoms with E-state index in [1.807, 2.05) is 20.8 Å². The molecule has 0 fully saturated rings. The number of imidazole rings is 1. The van der Waals surface area contributed by atoms with E-state index >= 15 is 0 Å². The van der Waals surface area contributed by atoms with Crippen molar-refractivity contribution in [2.75, 3.05) is 0 Å². The molecule has 0 amide bonds. The molecule has 0 atom stereocenters. The Bertz CT molecular complexity index is 1610. The lowest BCUT2D eigenvalue weighted by Crippen LogP contribution is -2.46. The van der Waals surface area contributed by atoms with Gasteiger partial charge in [0.2, 0.25) is 0 Å². The van der Waals surface area contributed by atoms with E-state index in [4.69, 9.17) is 0 Å². The highest BCUT2D eigenvalue weighted by Gasteiger charge is 2.19. The number of aromatic amines is 3. The molecule has 0 saturated carbocycles. The van der Waals surface area contributed by atoms with Crippen LogP contribution in [0.15, 0.2) is 64.4 Å². The normalized spacial score (nSPS) is 12.8. The summed E-state index contributed by atoms with van der Waals surface area (Å²) in [7, 11) is 0. The molecule has 7 nitrogen and oxygen atoms in total. The van der Waals surface area contributed by atoms with Gasteiger partial charge < -0.3 is 15.0 Å². The molecule has 34 heavy (non-hydrogen) atoms. The molecular formula is C26H23FN4O3. The molecule has 2 heterocycles. The fraction of sp³-hybridized carbons (Fsp3) is 0.154. The van der Waals surface area contributed by atoms with Gasteiger partial charge >= 0.3 is 0 Å². The van der Waals surface area contributed by atoms with Crippen LogP contribution in [0.1, 0.15) is 53.6 Å². The Morgan fingerprint density at radius 1 is 0.912 bits per heavy atom. The number of nitrogens with one attached hydrogen (secondary N) is 3. The molecule has 3 N–H and O–H groups in total. The van der Waals surface area contributed by atoms with Crippen molar-refractivity contribution in [1.82, 2.24) is 19.9 Å². The number of halogens is 1. The van der Waals surface area contributed by atoms with Crippen molar-refractivity contribution in [3.05, 3.63) is 120 Å². The molecule has 2 aromatic carbocycles. The summed E-state index contributed by atoms with van der Waals surface area (Å²) in [6.07, 6.45) is 4.35. The van der Waals surface area contributed by atoms with Crippen LogP contribution in [-0.4, -0.2) is 25.7 Å². The van der Waals surface area contributed by atoms with E-state index in [9.17, 15) is 18.8 Å². The average Bonchev–Trinajstić information content (AvgIpc) is 3.26. The molecular weight excluding hydrogens is 435 g/mol. The van der Waals surface area contributed by atoms with Crippen molar-refractivity contribution in [3.8, 4) is 0 Å². The quantitative estimate of drug-likeness (QED) is 0.407. The number of rotatable bonds is 4. The fourth-order valence-electron chi connectivity index (χ4n) is 3.60. The lowest BCUT2D eigenvalue weighted by molar-refractivity contribution is 0.103. The molecule has 0 aliphatic carbocycles. The maximum atomic E-state index is 14.3. The Balaban J connectivity index is 1.77. The molecule has 172 valence electrons. The van der Waals surface area contributed by atoms with Crippen molar-refractivity contribution in [2.24, 2.45) is 0 Å². The van der Waals surface area contributed by atoms with Gasteiger partial charge in [-0.15, -0.1) is 0 Å². The molecule has 0 unspecified atom stereocenters. The van der Waals surface area contributed by atoms with Gasteiger partial charge in [-0.25, -0.2) is 9.37 Å². The summed E-state index contributed by atoms with van der Waals surface area (Å²) in [6.45, 7) is 6.00. The van der Waals surface area contributed by atoms with E-state index in [-0.39, 0.29) is 33.0 Å². The van der Waals surface area contributed by atoms with E-state index in [1.54, 1.807) is 30.3 Å². The van der Waals surface area contributed by atoms with Gasteiger partial charge in [-0.3, -0.25) is 14.4 Å². The second-order valence-electron chi connectivity index (χ2n) is 8.91. The summed E-state index contributed by atoms with van der Waals surface area (Å²) in [5.41, 5.74) is 0.824. The van der Waals surface area contributed by atoms with E-state index < -0.39 is 16.9 Å². The highest BCUT2D eigenvalue weighted by Crippen LogP contribution is 2.22. The number of H-pyrrole nitrogens is 3. The van der Waals surface area contributed by atoms with E-state index in [2.05, 4.69) is 19.9 Å². The lowest BCUT2D eigenvalue weighted by Gasteiger charge is -2.16. The number of aromatic nitrogens is 4. The van der Waals surface area contributed by atoms with Crippen LogP contribution in [0.4, 0.5) is 4.39 Å². The van der Waals surface area contributed by atoms with Crippen molar-refractivity contribution in [3.63, 3.8) is 0 Å². The topological polar surface area (TPSA) is 111 Å². The van der Waals surface area contributed by atoms with Gasteiger partial charge in [-0.05, 0) is 35.9 Å². The molecule has 2 aromatic heterocycles. The highest BCUT2D eigenvalue weighted by atomic mass is 19.1. The van der Waals surface area contributed by atoms with Gasteiger partial charge in [0.05, 0.1) is 12.0 Å². The first-order valence-corrected chi connectivity index (χ1v) is 10.6. The van der Waals surface area contributed by atoms with Crippen molar-refractivity contribution in [1.29, 1.82) is 0 Å². The largest absolute Gasteiger partial charge is 0.348 e. The zero-order valence-corrected chi connectivity index (χ0v) is 18.9. The number of benzene rings is 2. The second-order valence-corrected chi connectivity index (χ2v) is 8.91. The average molecular weight is 458 g/mol. The third kappa shape index (κ3) is 4.85. The number of carbonyl (C=O) groups excluding carboxylic acids is 1. The van der Waals surface area contributed by atoms with E-state index in [0.717, 1.165) is 11.8 Å². The molecule has 0 radical (unpaired) electrons. The van der Waals surface area contributed by atoms with Crippen LogP contribution in [-0.2, 0) is 5.41 Å². The Labute approximate surface area is 193 Å². The van der Waals surface area contributed by atoms with Gasteiger partial charge in [-0.2, -0.15) is 0 Å². The smallest absolute Gasteiger partial charge is 0.272 e. The summed E-state index contributed by atoms with van der Waals surface area (Å²) >= 11 is 0. The predicted octanol–water partition coefficient (Wildman–Crippen LogP) is 2.11. The van der Waals surface area contributed by atoms with Crippen LogP contribution >= 0.6 is 0 Å². The molecule has 4 aromatic rings.